The highest BCUT2D eigenvalue weighted by molar-refractivity contribution is 6.30. The number of urea groups is 1. The number of carbonyl (C=O) groups excluding carboxylic acids is 4. The van der Waals surface area contributed by atoms with Gasteiger partial charge in [0.25, 0.3) is 5.91 Å². The summed E-state index contributed by atoms with van der Waals surface area (Å²) in [5.41, 5.74) is -0.826. The molecule has 5 amide bonds. The van der Waals surface area contributed by atoms with Crippen LogP contribution in [0.1, 0.15) is 35.3 Å². The molecule has 2 fully saturated rings. The number of hydrogen-bond donors (Lipinski definition) is 3. The number of benzene rings is 2. The van der Waals surface area contributed by atoms with Crippen LogP contribution in [0.2, 0.25) is 5.02 Å². The van der Waals surface area contributed by atoms with Crippen molar-refractivity contribution in [1.29, 1.82) is 0 Å². The van der Waals surface area contributed by atoms with Crippen LogP contribution >= 0.6 is 11.6 Å². The van der Waals surface area contributed by atoms with Crippen molar-refractivity contribution in [1.82, 2.24) is 16.0 Å². The molecule has 5 rings (SSSR count). The van der Waals surface area contributed by atoms with E-state index in [9.17, 15) is 23.6 Å². The molecule has 194 valence electrons. The first-order valence-corrected chi connectivity index (χ1v) is 12.0. The molecule has 2 saturated heterocycles. The average molecular weight is 533 g/mol. The molecule has 9 nitrogen and oxygen atoms in total. The molecule has 3 aliphatic heterocycles. The zero-order valence-electron chi connectivity index (χ0n) is 19.9. The van der Waals surface area contributed by atoms with Gasteiger partial charge < -0.3 is 15.0 Å². The Kier molecular flexibility index (Phi) is 6.15. The topological polar surface area (TPSA) is 117 Å². The standard InChI is InChI=1S/C25H23ClF2N4O5/c1-11-10-32-19-15(8-25(20(32)12(2)37-11)22(34)30-24(36)31-23(25)35)6-14(7-18(19)28)21(33)29-9-13-3-4-17(27)16(26)5-13/h3-7,11-12,20H,8-10H2,1-2H3,(H,29,33)(H2,30,31,34,35,36)/t11-,12+,20-/m1/s1. The van der Waals surface area contributed by atoms with Gasteiger partial charge in [0.2, 0.25) is 11.8 Å². The minimum Gasteiger partial charge on any atom is -0.372 e. The third-order valence-electron chi connectivity index (χ3n) is 7.05. The molecular weight excluding hydrogens is 510 g/mol. The summed E-state index contributed by atoms with van der Waals surface area (Å²) < 4.78 is 34.9. The zero-order valence-corrected chi connectivity index (χ0v) is 20.6. The molecule has 3 heterocycles. The van der Waals surface area contributed by atoms with Crippen molar-refractivity contribution in [2.45, 2.75) is 45.1 Å². The molecule has 0 unspecified atom stereocenters. The van der Waals surface area contributed by atoms with Crippen LogP contribution < -0.4 is 20.9 Å². The molecule has 0 aliphatic carbocycles. The van der Waals surface area contributed by atoms with E-state index in [-0.39, 0.29) is 47.5 Å². The predicted octanol–water partition coefficient (Wildman–Crippen LogP) is 2.44. The fourth-order valence-electron chi connectivity index (χ4n) is 5.60. The van der Waals surface area contributed by atoms with Gasteiger partial charge in [0.1, 0.15) is 11.6 Å². The van der Waals surface area contributed by atoms with Gasteiger partial charge in [0.15, 0.2) is 5.41 Å². The van der Waals surface area contributed by atoms with Gasteiger partial charge in [-0.25, -0.2) is 13.6 Å². The van der Waals surface area contributed by atoms with Gasteiger partial charge in [-0.3, -0.25) is 25.0 Å². The third kappa shape index (κ3) is 4.11. The lowest BCUT2D eigenvalue weighted by atomic mass is 9.66. The highest BCUT2D eigenvalue weighted by Crippen LogP contribution is 2.47. The summed E-state index contributed by atoms with van der Waals surface area (Å²) in [5, 5.41) is 6.87. The highest BCUT2D eigenvalue weighted by Gasteiger charge is 2.63. The number of anilines is 1. The number of nitrogens with zero attached hydrogens (tertiary/aromatic N) is 1. The molecule has 0 aromatic heterocycles. The van der Waals surface area contributed by atoms with Crippen LogP contribution in [-0.2, 0) is 27.3 Å². The van der Waals surface area contributed by atoms with E-state index >= 15 is 4.39 Å². The first-order valence-electron chi connectivity index (χ1n) is 11.6. The number of rotatable bonds is 3. The van der Waals surface area contributed by atoms with Crippen LogP contribution in [0.15, 0.2) is 30.3 Å². The Balaban J connectivity index is 1.52. The summed E-state index contributed by atoms with van der Waals surface area (Å²) in [7, 11) is 0. The smallest absolute Gasteiger partial charge is 0.328 e. The number of imide groups is 2. The number of morpholine rings is 1. The van der Waals surface area contributed by atoms with Crippen LogP contribution in [0.3, 0.4) is 0 Å². The molecule has 2 aromatic rings. The Hall–Kier alpha value is -3.57. The van der Waals surface area contributed by atoms with E-state index in [0.29, 0.717) is 5.56 Å². The molecule has 12 heteroatoms. The summed E-state index contributed by atoms with van der Waals surface area (Å²) in [5.74, 6) is -3.52. The fraction of sp³-hybridized carbons (Fsp3) is 0.360. The second-order valence-corrected chi connectivity index (χ2v) is 9.94. The van der Waals surface area contributed by atoms with Crippen molar-refractivity contribution in [3.05, 3.63) is 63.7 Å². The van der Waals surface area contributed by atoms with Crippen molar-refractivity contribution in [2.75, 3.05) is 11.4 Å². The molecule has 37 heavy (non-hydrogen) atoms. The first kappa shape index (κ1) is 25.1. The van der Waals surface area contributed by atoms with Crippen molar-refractivity contribution in [3.8, 4) is 0 Å². The summed E-state index contributed by atoms with van der Waals surface area (Å²) in [6, 6.07) is 4.71. The number of carbonyl (C=O) groups is 4. The van der Waals surface area contributed by atoms with E-state index < -0.39 is 52.9 Å². The van der Waals surface area contributed by atoms with Crippen LogP contribution in [0, 0.1) is 17.0 Å². The van der Waals surface area contributed by atoms with Gasteiger partial charge in [-0.15, -0.1) is 0 Å². The second kappa shape index (κ2) is 9.07. The normalized spacial score (nSPS) is 24.2. The molecule has 0 radical (unpaired) electrons. The first-order chi connectivity index (χ1) is 17.5. The molecule has 0 bridgehead atoms. The zero-order chi connectivity index (χ0) is 26.6. The van der Waals surface area contributed by atoms with Crippen LogP contribution in [0.4, 0.5) is 19.3 Å². The van der Waals surface area contributed by atoms with Gasteiger partial charge in [0, 0.05) is 25.1 Å². The number of hydrogen-bond acceptors (Lipinski definition) is 6. The van der Waals surface area contributed by atoms with Crippen molar-refractivity contribution in [3.63, 3.8) is 0 Å². The number of nitrogens with one attached hydrogen (secondary N) is 3. The van der Waals surface area contributed by atoms with Gasteiger partial charge in [-0.2, -0.15) is 0 Å². The number of halogens is 3. The second-order valence-electron chi connectivity index (χ2n) is 9.53. The molecule has 0 saturated carbocycles. The molecule has 1 spiro atoms. The van der Waals surface area contributed by atoms with E-state index in [2.05, 4.69) is 16.0 Å². The molecule has 2 aromatic carbocycles. The molecule has 3 atom stereocenters. The SMILES string of the molecule is C[C@@H]1CN2c3c(F)cc(C(=O)NCc4ccc(F)c(Cl)c4)cc3CC3(C(=O)NC(=O)NC3=O)[C@H]2[C@H](C)O1. The van der Waals surface area contributed by atoms with E-state index in [1.165, 1.54) is 24.3 Å². The maximum Gasteiger partial charge on any atom is 0.328 e. The lowest BCUT2D eigenvalue weighted by molar-refractivity contribution is -0.153. The monoisotopic (exact) mass is 532 g/mol. The van der Waals surface area contributed by atoms with Crippen LogP contribution in [0.5, 0.6) is 0 Å². The highest BCUT2D eigenvalue weighted by atomic mass is 35.5. The Morgan fingerprint density at radius 1 is 1.14 bits per heavy atom. The number of amides is 5. The largest absolute Gasteiger partial charge is 0.372 e. The Bertz CT molecular complexity index is 1330. The Labute approximate surface area is 215 Å². The number of fused-ring (bicyclic) bond motifs is 4. The van der Waals surface area contributed by atoms with Crippen LogP contribution in [0.25, 0.3) is 0 Å². The minimum atomic E-state index is -1.78. The van der Waals surface area contributed by atoms with E-state index in [0.717, 1.165) is 6.07 Å². The van der Waals surface area contributed by atoms with E-state index in [1.54, 1.807) is 18.7 Å². The molecular formula is C25H23ClF2N4O5. The number of ether oxygens (including phenoxy) is 1. The average Bonchev–Trinajstić information content (AvgIpc) is 2.82. The van der Waals surface area contributed by atoms with Gasteiger partial charge in [-0.05, 0) is 49.2 Å². The van der Waals surface area contributed by atoms with Crippen molar-refractivity contribution < 1.29 is 32.7 Å². The lowest BCUT2D eigenvalue weighted by Gasteiger charge is -2.55. The fourth-order valence-corrected chi connectivity index (χ4v) is 5.80. The summed E-state index contributed by atoms with van der Waals surface area (Å²) in [6.45, 7) is 3.68. The third-order valence-corrected chi connectivity index (χ3v) is 7.34. The Morgan fingerprint density at radius 2 is 1.84 bits per heavy atom. The van der Waals surface area contributed by atoms with Gasteiger partial charge >= 0.3 is 6.03 Å². The quantitative estimate of drug-likeness (QED) is 0.523. The van der Waals surface area contributed by atoms with Gasteiger partial charge in [-0.1, -0.05) is 17.7 Å². The maximum absolute atomic E-state index is 15.6. The molecule has 3 aliphatic rings. The summed E-state index contributed by atoms with van der Waals surface area (Å²) in [6.07, 6.45) is -1.23. The summed E-state index contributed by atoms with van der Waals surface area (Å²) >= 11 is 5.79. The van der Waals surface area contributed by atoms with Gasteiger partial charge in [0.05, 0.1) is 29.0 Å². The Morgan fingerprint density at radius 3 is 2.51 bits per heavy atom. The van der Waals surface area contributed by atoms with Crippen LogP contribution in [-0.4, -0.2) is 48.5 Å². The maximum atomic E-state index is 15.6. The summed E-state index contributed by atoms with van der Waals surface area (Å²) in [4.78, 5) is 52.8. The predicted molar refractivity (Wildman–Crippen MR) is 128 cm³/mol. The number of barbiturate groups is 1. The van der Waals surface area contributed by atoms with Crippen molar-refractivity contribution >= 4 is 41.0 Å². The minimum absolute atomic E-state index is 0.00889. The lowest BCUT2D eigenvalue weighted by Crippen LogP contribution is -2.75. The van der Waals surface area contributed by atoms with E-state index in [1.807, 2.05) is 0 Å². The van der Waals surface area contributed by atoms with E-state index in [4.69, 9.17) is 16.3 Å². The molecule has 3 N–H and O–H groups in total. The van der Waals surface area contributed by atoms with Crippen molar-refractivity contribution in [2.24, 2.45) is 5.41 Å².